The van der Waals surface area contributed by atoms with Crippen molar-refractivity contribution in [3.63, 3.8) is 0 Å². The summed E-state index contributed by atoms with van der Waals surface area (Å²) in [6.07, 6.45) is 0.745. The first-order valence-electron chi connectivity index (χ1n) is 5.55. The van der Waals surface area contributed by atoms with Gasteiger partial charge in [-0.05, 0) is 26.2 Å². The number of rotatable bonds is 8. The second-order valence-corrected chi connectivity index (χ2v) is 4.42. The molecule has 0 aliphatic heterocycles. The van der Waals surface area contributed by atoms with Gasteiger partial charge in [0.2, 0.25) is 5.91 Å². The predicted octanol–water partition coefficient (Wildman–Crippen LogP) is 0.903. The molecule has 90 valence electrons. The summed E-state index contributed by atoms with van der Waals surface area (Å²) in [4.78, 5) is 11.3. The first-order valence-corrected chi connectivity index (χ1v) is 5.55. The number of hydrogen-bond donors (Lipinski definition) is 2. The Hall–Kier alpha value is -0.610. The largest absolute Gasteiger partial charge is 0.380 e. The first-order chi connectivity index (χ1) is 6.92. The maximum absolute atomic E-state index is 11.3. The third kappa shape index (κ3) is 5.74. The molecule has 4 nitrogen and oxygen atoms in total. The van der Waals surface area contributed by atoms with Gasteiger partial charge < -0.3 is 15.8 Å². The van der Waals surface area contributed by atoms with Crippen LogP contribution in [0.2, 0.25) is 0 Å². The van der Waals surface area contributed by atoms with Crippen LogP contribution in [0.25, 0.3) is 0 Å². The second-order valence-electron chi connectivity index (χ2n) is 4.42. The quantitative estimate of drug-likeness (QED) is 0.593. The van der Waals surface area contributed by atoms with Crippen molar-refractivity contribution in [2.24, 2.45) is 11.7 Å². The molecule has 0 saturated heterocycles. The Morgan fingerprint density at radius 1 is 1.53 bits per heavy atom. The van der Waals surface area contributed by atoms with Gasteiger partial charge in [0.15, 0.2) is 0 Å². The Morgan fingerprint density at radius 2 is 2.13 bits per heavy atom. The van der Waals surface area contributed by atoms with E-state index in [4.69, 9.17) is 10.5 Å². The molecule has 0 spiro atoms. The van der Waals surface area contributed by atoms with Crippen LogP contribution in [0.15, 0.2) is 0 Å². The van der Waals surface area contributed by atoms with E-state index in [1.54, 1.807) is 0 Å². The molecule has 1 atom stereocenters. The van der Waals surface area contributed by atoms with Crippen LogP contribution in [0.3, 0.4) is 0 Å². The van der Waals surface area contributed by atoms with Gasteiger partial charge in [0.25, 0.3) is 0 Å². The Morgan fingerprint density at radius 3 is 2.53 bits per heavy atom. The normalized spacial score (nSPS) is 15.3. The van der Waals surface area contributed by atoms with Gasteiger partial charge in [-0.15, -0.1) is 0 Å². The summed E-state index contributed by atoms with van der Waals surface area (Å²) < 4.78 is 5.20. The zero-order chi connectivity index (χ0) is 11.9. The van der Waals surface area contributed by atoms with Crippen molar-refractivity contribution in [3.8, 4) is 0 Å². The molecule has 1 amide bonds. The van der Waals surface area contributed by atoms with E-state index in [0.29, 0.717) is 25.7 Å². The molecule has 4 heteroatoms. The number of hydrogen-bond acceptors (Lipinski definition) is 3. The average Bonchev–Trinajstić information content (AvgIpc) is 2.11. The Labute approximate surface area is 92.6 Å². The van der Waals surface area contributed by atoms with Crippen LogP contribution in [0.4, 0.5) is 0 Å². The molecule has 0 bridgehead atoms. The van der Waals surface area contributed by atoms with Crippen molar-refractivity contribution in [1.82, 2.24) is 5.32 Å². The maximum Gasteiger partial charge on any atom is 0.237 e. The highest BCUT2D eigenvalue weighted by molar-refractivity contribution is 5.84. The standard InChI is InChI=1S/C11H24N2O2/c1-5-15-7-6-13-11(4,10(12)14)8-9(2)3/h9,13H,5-8H2,1-4H3,(H2,12,14)/t11-/m0/s1. The van der Waals surface area contributed by atoms with E-state index < -0.39 is 5.54 Å². The lowest BCUT2D eigenvalue weighted by Gasteiger charge is -2.29. The summed E-state index contributed by atoms with van der Waals surface area (Å²) >= 11 is 0. The molecule has 0 fully saturated rings. The fourth-order valence-corrected chi connectivity index (χ4v) is 1.62. The van der Waals surface area contributed by atoms with E-state index in [1.165, 1.54) is 0 Å². The topological polar surface area (TPSA) is 64.3 Å². The van der Waals surface area contributed by atoms with Gasteiger partial charge in [-0.25, -0.2) is 0 Å². The summed E-state index contributed by atoms with van der Waals surface area (Å²) in [5.41, 5.74) is 4.77. The second kappa shape index (κ2) is 6.80. The zero-order valence-electron chi connectivity index (χ0n) is 10.3. The van der Waals surface area contributed by atoms with Gasteiger partial charge in [0.05, 0.1) is 12.1 Å². The van der Waals surface area contributed by atoms with Gasteiger partial charge in [-0.2, -0.15) is 0 Å². The minimum absolute atomic E-state index is 0.298. The van der Waals surface area contributed by atoms with E-state index in [0.717, 1.165) is 6.42 Å². The molecule has 0 aromatic carbocycles. The van der Waals surface area contributed by atoms with Gasteiger partial charge in [-0.3, -0.25) is 4.79 Å². The molecule has 0 aliphatic carbocycles. The van der Waals surface area contributed by atoms with E-state index in [1.807, 2.05) is 13.8 Å². The summed E-state index contributed by atoms with van der Waals surface area (Å²) in [7, 11) is 0. The first kappa shape index (κ1) is 14.4. The minimum Gasteiger partial charge on any atom is -0.380 e. The van der Waals surface area contributed by atoms with Crippen molar-refractivity contribution < 1.29 is 9.53 Å². The number of nitrogens with one attached hydrogen (secondary N) is 1. The van der Waals surface area contributed by atoms with E-state index in [-0.39, 0.29) is 5.91 Å². The van der Waals surface area contributed by atoms with Crippen LogP contribution >= 0.6 is 0 Å². The number of primary amides is 1. The Balaban J connectivity index is 4.08. The van der Waals surface area contributed by atoms with Crippen LogP contribution in [0, 0.1) is 5.92 Å². The molecule has 3 N–H and O–H groups in total. The van der Waals surface area contributed by atoms with Crippen molar-refractivity contribution in [2.75, 3.05) is 19.8 Å². The van der Waals surface area contributed by atoms with Gasteiger partial charge >= 0.3 is 0 Å². The van der Waals surface area contributed by atoms with Crippen molar-refractivity contribution >= 4 is 5.91 Å². The third-order valence-corrected chi connectivity index (χ3v) is 2.33. The molecule has 0 aliphatic rings. The molecular weight excluding hydrogens is 192 g/mol. The molecule has 0 rings (SSSR count). The average molecular weight is 216 g/mol. The number of amides is 1. The molecule has 0 aromatic rings. The summed E-state index contributed by atoms with van der Waals surface area (Å²) in [5, 5.41) is 3.16. The minimum atomic E-state index is -0.620. The molecule has 15 heavy (non-hydrogen) atoms. The van der Waals surface area contributed by atoms with Crippen LogP contribution < -0.4 is 11.1 Å². The van der Waals surface area contributed by atoms with Crippen LogP contribution in [-0.2, 0) is 9.53 Å². The fourth-order valence-electron chi connectivity index (χ4n) is 1.62. The van der Waals surface area contributed by atoms with Crippen LogP contribution in [0.1, 0.15) is 34.1 Å². The number of nitrogens with two attached hydrogens (primary N) is 1. The molecule has 0 radical (unpaired) electrons. The number of ether oxygens (including phenoxy) is 1. The van der Waals surface area contributed by atoms with E-state index >= 15 is 0 Å². The fraction of sp³-hybridized carbons (Fsp3) is 0.909. The maximum atomic E-state index is 11.3. The zero-order valence-corrected chi connectivity index (χ0v) is 10.3. The Kier molecular flexibility index (Phi) is 6.52. The van der Waals surface area contributed by atoms with Crippen molar-refractivity contribution in [1.29, 1.82) is 0 Å². The van der Waals surface area contributed by atoms with Gasteiger partial charge in [0, 0.05) is 13.2 Å². The van der Waals surface area contributed by atoms with Crippen LogP contribution in [-0.4, -0.2) is 31.2 Å². The highest BCUT2D eigenvalue weighted by Crippen LogP contribution is 2.15. The summed E-state index contributed by atoms with van der Waals surface area (Å²) in [6, 6.07) is 0. The molecule has 0 aromatic heterocycles. The highest BCUT2D eigenvalue weighted by atomic mass is 16.5. The Bertz CT molecular complexity index is 195. The molecule has 0 saturated carbocycles. The summed E-state index contributed by atoms with van der Waals surface area (Å²) in [5.74, 6) is 0.134. The number of carbonyl (C=O) groups excluding carboxylic acids is 1. The lowest BCUT2D eigenvalue weighted by Crippen LogP contribution is -2.54. The molecule has 0 heterocycles. The van der Waals surface area contributed by atoms with E-state index in [2.05, 4.69) is 19.2 Å². The lowest BCUT2D eigenvalue weighted by molar-refractivity contribution is -0.124. The van der Waals surface area contributed by atoms with E-state index in [9.17, 15) is 4.79 Å². The third-order valence-electron chi connectivity index (χ3n) is 2.33. The van der Waals surface area contributed by atoms with Crippen molar-refractivity contribution in [2.45, 2.75) is 39.7 Å². The predicted molar refractivity (Wildman–Crippen MR) is 61.6 cm³/mol. The van der Waals surface area contributed by atoms with Gasteiger partial charge in [0.1, 0.15) is 0 Å². The smallest absolute Gasteiger partial charge is 0.237 e. The monoisotopic (exact) mass is 216 g/mol. The molecular formula is C11H24N2O2. The van der Waals surface area contributed by atoms with Crippen molar-refractivity contribution in [3.05, 3.63) is 0 Å². The van der Waals surface area contributed by atoms with Gasteiger partial charge in [-0.1, -0.05) is 13.8 Å². The lowest BCUT2D eigenvalue weighted by atomic mass is 9.90. The summed E-state index contributed by atoms with van der Waals surface area (Å²) in [6.45, 7) is 9.90. The SMILES string of the molecule is CCOCCN[C@@](C)(CC(C)C)C(N)=O. The highest BCUT2D eigenvalue weighted by Gasteiger charge is 2.30. The molecule has 0 unspecified atom stereocenters. The number of carbonyl (C=O) groups is 1. The van der Waals surface area contributed by atoms with Crippen LogP contribution in [0.5, 0.6) is 0 Å².